The van der Waals surface area contributed by atoms with Crippen molar-refractivity contribution in [1.82, 2.24) is 5.32 Å². The van der Waals surface area contributed by atoms with E-state index in [1.807, 2.05) is 11.3 Å². The minimum Gasteiger partial charge on any atom is -0.330 e. The van der Waals surface area contributed by atoms with Crippen molar-refractivity contribution in [3.8, 4) is 0 Å². The first kappa shape index (κ1) is 12.7. The lowest BCUT2D eigenvalue weighted by Crippen LogP contribution is -2.17. The Morgan fingerprint density at radius 2 is 2.27 bits per heavy atom. The highest BCUT2D eigenvalue weighted by molar-refractivity contribution is 7.11. The maximum atomic E-state index is 5.56. The zero-order valence-corrected chi connectivity index (χ0v) is 10.6. The van der Waals surface area contributed by atoms with Crippen molar-refractivity contribution < 1.29 is 0 Å². The average Bonchev–Trinajstić information content (AvgIpc) is 2.63. The van der Waals surface area contributed by atoms with Crippen molar-refractivity contribution in [2.75, 3.05) is 13.1 Å². The molecule has 0 saturated heterocycles. The zero-order chi connectivity index (χ0) is 11.1. The molecule has 15 heavy (non-hydrogen) atoms. The van der Waals surface area contributed by atoms with Gasteiger partial charge in [0.25, 0.3) is 0 Å². The molecule has 0 amide bonds. The van der Waals surface area contributed by atoms with Gasteiger partial charge in [-0.25, -0.2) is 0 Å². The molecule has 0 fully saturated rings. The van der Waals surface area contributed by atoms with Crippen molar-refractivity contribution in [2.45, 2.75) is 33.2 Å². The van der Waals surface area contributed by atoms with E-state index in [0.717, 1.165) is 19.6 Å². The van der Waals surface area contributed by atoms with E-state index >= 15 is 0 Å². The number of thiophene rings is 1. The molecular weight excluding hydrogens is 204 g/mol. The SMILES string of the molecule is Cc1ccc(CNCCCC(C)CN)s1. The van der Waals surface area contributed by atoms with E-state index in [2.05, 4.69) is 31.3 Å². The summed E-state index contributed by atoms with van der Waals surface area (Å²) in [4.78, 5) is 2.82. The Hall–Kier alpha value is -0.380. The monoisotopic (exact) mass is 226 g/mol. The number of aryl methyl sites for hydroxylation is 1. The van der Waals surface area contributed by atoms with Crippen molar-refractivity contribution >= 4 is 11.3 Å². The van der Waals surface area contributed by atoms with Gasteiger partial charge in [-0.05, 0) is 50.9 Å². The van der Waals surface area contributed by atoms with E-state index < -0.39 is 0 Å². The molecule has 1 rings (SSSR count). The Labute approximate surface area is 96.9 Å². The normalized spacial score (nSPS) is 13.0. The predicted octanol–water partition coefficient (Wildman–Crippen LogP) is 2.52. The second-order valence-electron chi connectivity index (χ2n) is 4.17. The lowest BCUT2D eigenvalue weighted by molar-refractivity contribution is 0.502. The molecule has 1 atom stereocenters. The van der Waals surface area contributed by atoms with E-state index in [9.17, 15) is 0 Å². The predicted molar refractivity (Wildman–Crippen MR) is 68.2 cm³/mol. The summed E-state index contributed by atoms with van der Waals surface area (Å²) in [6, 6.07) is 4.38. The number of nitrogens with one attached hydrogen (secondary N) is 1. The molecule has 0 bridgehead atoms. The summed E-state index contributed by atoms with van der Waals surface area (Å²) < 4.78 is 0. The van der Waals surface area contributed by atoms with Gasteiger partial charge in [0.05, 0.1) is 0 Å². The van der Waals surface area contributed by atoms with Gasteiger partial charge in [-0.3, -0.25) is 0 Å². The molecule has 3 N–H and O–H groups in total. The smallest absolute Gasteiger partial charge is 0.0299 e. The van der Waals surface area contributed by atoms with Crippen LogP contribution >= 0.6 is 11.3 Å². The first-order chi connectivity index (χ1) is 7.22. The van der Waals surface area contributed by atoms with Crippen LogP contribution in [0.1, 0.15) is 29.5 Å². The Morgan fingerprint density at radius 3 is 2.87 bits per heavy atom. The van der Waals surface area contributed by atoms with Gasteiger partial charge in [0.1, 0.15) is 0 Å². The third-order valence-electron chi connectivity index (χ3n) is 2.55. The molecule has 0 aliphatic carbocycles. The number of rotatable bonds is 7. The maximum absolute atomic E-state index is 5.56. The fourth-order valence-electron chi connectivity index (χ4n) is 1.49. The quantitative estimate of drug-likeness (QED) is 0.701. The molecule has 0 aliphatic heterocycles. The van der Waals surface area contributed by atoms with E-state index in [4.69, 9.17) is 5.73 Å². The van der Waals surface area contributed by atoms with E-state index in [1.165, 1.54) is 22.6 Å². The summed E-state index contributed by atoms with van der Waals surface area (Å²) in [5.41, 5.74) is 5.56. The third-order valence-corrected chi connectivity index (χ3v) is 3.55. The summed E-state index contributed by atoms with van der Waals surface area (Å²) in [5.74, 6) is 0.663. The van der Waals surface area contributed by atoms with Crippen LogP contribution in [0.3, 0.4) is 0 Å². The Kier molecular flexibility index (Phi) is 5.91. The van der Waals surface area contributed by atoms with Gasteiger partial charge in [0, 0.05) is 16.3 Å². The molecule has 86 valence electrons. The van der Waals surface area contributed by atoms with Gasteiger partial charge < -0.3 is 11.1 Å². The number of nitrogens with two attached hydrogens (primary N) is 1. The standard InChI is InChI=1S/C12H22N2S/c1-10(8-13)4-3-7-14-9-12-6-5-11(2)15-12/h5-6,10,14H,3-4,7-9,13H2,1-2H3. The molecule has 1 unspecified atom stereocenters. The van der Waals surface area contributed by atoms with Gasteiger partial charge in [0.15, 0.2) is 0 Å². The molecule has 0 saturated carbocycles. The molecule has 3 heteroatoms. The van der Waals surface area contributed by atoms with Gasteiger partial charge in [-0.15, -0.1) is 11.3 Å². The molecule has 1 heterocycles. The molecule has 0 radical (unpaired) electrons. The van der Waals surface area contributed by atoms with E-state index in [-0.39, 0.29) is 0 Å². The molecule has 2 nitrogen and oxygen atoms in total. The van der Waals surface area contributed by atoms with Crippen LogP contribution in [0.2, 0.25) is 0 Å². The van der Waals surface area contributed by atoms with Gasteiger partial charge in [-0.1, -0.05) is 6.92 Å². The minimum absolute atomic E-state index is 0.663. The maximum Gasteiger partial charge on any atom is 0.0299 e. The lowest BCUT2D eigenvalue weighted by Gasteiger charge is -2.08. The van der Waals surface area contributed by atoms with Gasteiger partial charge in [0.2, 0.25) is 0 Å². The Balaban J connectivity index is 2.02. The van der Waals surface area contributed by atoms with Crippen molar-refractivity contribution in [2.24, 2.45) is 11.7 Å². The van der Waals surface area contributed by atoms with E-state index in [1.54, 1.807) is 0 Å². The largest absolute Gasteiger partial charge is 0.330 e. The average molecular weight is 226 g/mol. The van der Waals surface area contributed by atoms with Crippen LogP contribution < -0.4 is 11.1 Å². The summed E-state index contributed by atoms with van der Waals surface area (Å²) in [6.07, 6.45) is 2.45. The molecule has 1 aromatic rings. The first-order valence-corrected chi connectivity index (χ1v) is 6.50. The van der Waals surface area contributed by atoms with Crippen LogP contribution in [0.15, 0.2) is 12.1 Å². The van der Waals surface area contributed by atoms with Crippen LogP contribution in [0.25, 0.3) is 0 Å². The highest BCUT2D eigenvalue weighted by atomic mass is 32.1. The fourth-order valence-corrected chi connectivity index (χ4v) is 2.35. The van der Waals surface area contributed by atoms with Crippen LogP contribution in [0.5, 0.6) is 0 Å². The van der Waals surface area contributed by atoms with E-state index in [0.29, 0.717) is 5.92 Å². The molecule has 0 aliphatic rings. The summed E-state index contributed by atoms with van der Waals surface area (Å²) in [5, 5.41) is 3.46. The molecule has 0 aromatic carbocycles. The van der Waals surface area contributed by atoms with Gasteiger partial charge >= 0.3 is 0 Å². The van der Waals surface area contributed by atoms with Crippen LogP contribution in [-0.4, -0.2) is 13.1 Å². The lowest BCUT2D eigenvalue weighted by atomic mass is 10.1. The molecule has 0 spiro atoms. The fraction of sp³-hybridized carbons (Fsp3) is 0.667. The van der Waals surface area contributed by atoms with Gasteiger partial charge in [-0.2, -0.15) is 0 Å². The number of hydrogen-bond acceptors (Lipinski definition) is 3. The van der Waals surface area contributed by atoms with Crippen LogP contribution in [-0.2, 0) is 6.54 Å². The Bertz CT molecular complexity index is 270. The van der Waals surface area contributed by atoms with Crippen molar-refractivity contribution in [1.29, 1.82) is 0 Å². The highest BCUT2D eigenvalue weighted by Crippen LogP contribution is 2.14. The highest BCUT2D eigenvalue weighted by Gasteiger charge is 1.99. The first-order valence-electron chi connectivity index (χ1n) is 5.68. The molecule has 1 aromatic heterocycles. The number of hydrogen-bond donors (Lipinski definition) is 2. The van der Waals surface area contributed by atoms with Crippen molar-refractivity contribution in [3.63, 3.8) is 0 Å². The summed E-state index contributed by atoms with van der Waals surface area (Å²) >= 11 is 1.87. The van der Waals surface area contributed by atoms with Crippen LogP contribution in [0, 0.1) is 12.8 Å². The second-order valence-corrected chi connectivity index (χ2v) is 5.54. The Morgan fingerprint density at radius 1 is 1.47 bits per heavy atom. The minimum atomic E-state index is 0.663. The molecular formula is C12H22N2S. The third kappa shape index (κ3) is 5.30. The summed E-state index contributed by atoms with van der Waals surface area (Å²) in [7, 11) is 0. The zero-order valence-electron chi connectivity index (χ0n) is 9.75. The summed E-state index contributed by atoms with van der Waals surface area (Å²) in [6.45, 7) is 7.28. The van der Waals surface area contributed by atoms with Crippen LogP contribution in [0.4, 0.5) is 0 Å². The van der Waals surface area contributed by atoms with Crippen molar-refractivity contribution in [3.05, 3.63) is 21.9 Å². The second kappa shape index (κ2) is 6.99. The topological polar surface area (TPSA) is 38.0 Å².